The number of halogens is 2. The summed E-state index contributed by atoms with van der Waals surface area (Å²) in [7, 11) is 2.84. The highest BCUT2D eigenvalue weighted by molar-refractivity contribution is 9.10. The smallest absolute Gasteiger partial charge is 0.309 e. The first-order valence-electron chi connectivity index (χ1n) is 5.56. The lowest BCUT2D eigenvalue weighted by atomic mass is 9.85. The van der Waals surface area contributed by atoms with Crippen LogP contribution in [-0.2, 0) is 11.2 Å². The van der Waals surface area contributed by atoms with Crippen LogP contribution in [0.15, 0.2) is 10.5 Å². The van der Waals surface area contributed by atoms with Gasteiger partial charge in [0, 0.05) is 11.6 Å². The van der Waals surface area contributed by atoms with Crippen LogP contribution in [0.1, 0.15) is 19.4 Å². The van der Waals surface area contributed by atoms with E-state index >= 15 is 0 Å². The third kappa shape index (κ3) is 3.18. The minimum Gasteiger partial charge on any atom is -0.493 e. The van der Waals surface area contributed by atoms with Gasteiger partial charge in [0.05, 0.1) is 24.1 Å². The minimum atomic E-state index is -1.08. The Morgan fingerprint density at radius 3 is 2.42 bits per heavy atom. The molecular weight excluding hydrogens is 319 g/mol. The fourth-order valence-corrected chi connectivity index (χ4v) is 2.33. The van der Waals surface area contributed by atoms with Crippen molar-refractivity contribution in [2.24, 2.45) is 5.41 Å². The molecule has 0 unspecified atom stereocenters. The first-order valence-corrected chi connectivity index (χ1v) is 6.36. The average Bonchev–Trinajstić information content (AvgIpc) is 2.33. The predicted octanol–water partition coefficient (Wildman–Crippen LogP) is 3.26. The largest absolute Gasteiger partial charge is 0.493 e. The van der Waals surface area contributed by atoms with Gasteiger partial charge in [0.1, 0.15) is 5.82 Å². The van der Waals surface area contributed by atoms with Gasteiger partial charge in [-0.25, -0.2) is 4.39 Å². The van der Waals surface area contributed by atoms with Gasteiger partial charge >= 0.3 is 5.97 Å². The van der Waals surface area contributed by atoms with Crippen LogP contribution in [-0.4, -0.2) is 25.3 Å². The number of hydrogen-bond acceptors (Lipinski definition) is 3. The van der Waals surface area contributed by atoms with Gasteiger partial charge in [0.25, 0.3) is 0 Å². The van der Waals surface area contributed by atoms with E-state index in [9.17, 15) is 9.18 Å². The zero-order valence-electron chi connectivity index (χ0n) is 11.2. The molecule has 0 spiro atoms. The third-order valence-electron chi connectivity index (χ3n) is 2.86. The van der Waals surface area contributed by atoms with Gasteiger partial charge in [-0.15, -0.1) is 0 Å². The predicted molar refractivity (Wildman–Crippen MR) is 72.3 cm³/mol. The molecule has 6 heteroatoms. The van der Waals surface area contributed by atoms with Crippen LogP contribution in [0.4, 0.5) is 4.39 Å². The van der Waals surface area contributed by atoms with E-state index < -0.39 is 17.2 Å². The Kier molecular flexibility index (Phi) is 4.79. The maximum Gasteiger partial charge on any atom is 0.309 e. The molecule has 0 saturated heterocycles. The second-order valence-electron chi connectivity index (χ2n) is 4.75. The standard InChI is InChI=1S/C13H16BrFO4/c1-13(2,12(16)17)6-7-8(15)5-9(18-3)11(19-4)10(7)14/h5H,6H2,1-4H3,(H,16,17). The lowest BCUT2D eigenvalue weighted by Gasteiger charge is -2.21. The van der Waals surface area contributed by atoms with Crippen molar-refractivity contribution in [2.75, 3.05) is 14.2 Å². The summed E-state index contributed by atoms with van der Waals surface area (Å²) in [5.41, 5.74) is -0.826. The summed E-state index contributed by atoms with van der Waals surface area (Å²) in [6.45, 7) is 3.08. The molecule has 1 aromatic carbocycles. The molecule has 0 aliphatic carbocycles. The number of hydrogen-bond donors (Lipinski definition) is 1. The molecule has 0 radical (unpaired) electrons. The maximum atomic E-state index is 14.0. The molecule has 0 aliphatic heterocycles. The van der Waals surface area contributed by atoms with Gasteiger partial charge in [-0.1, -0.05) is 0 Å². The molecule has 19 heavy (non-hydrogen) atoms. The zero-order chi connectivity index (χ0) is 14.8. The average molecular weight is 335 g/mol. The van der Waals surface area contributed by atoms with Crippen molar-refractivity contribution < 1.29 is 23.8 Å². The van der Waals surface area contributed by atoms with Crippen molar-refractivity contribution in [3.8, 4) is 11.5 Å². The van der Waals surface area contributed by atoms with E-state index in [1.165, 1.54) is 34.1 Å². The molecule has 1 aromatic rings. The normalized spacial score (nSPS) is 11.3. The van der Waals surface area contributed by atoms with Crippen molar-refractivity contribution >= 4 is 21.9 Å². The summed E-state index contributed by atoms with van der Waals surface area (Å²) in [4.78, 5) is 11.1. The fourth-order valence-electron chi connectivity index (χ4n) is 1.64. The lowest BCUT2D eigenvalue weighted by molar-refractivity contribution is -0.146. The van der Waals surface area contributed by atoms with Crippen LogP contribution in [0.2, 0.25) is 0 Å². The minimum absolute atomic E-state index is 0.0368. The Hall–Kier alpha value is -1.30. The molecule has 0 aromatic heterocycles. The van der Waals surface area contributed by atoms with E-state index in [0.29, 0.717) is 10.2 Å². The number of benzene rings is 1. The molecule has 0 heterocycles. The molecule has 0 saturated carbocycles. The van der Waals surface area contributed by atoms with Gasteiger partial charge in [0.2, 0.25) is 0 Å². The Morgan fingerprint density at radius 1 is 1.42 bits per heavy atom. The molecule has 0 bridgehead atoms. The summed E-state index contributed by atoms with van der Waals surface area (Å²) in [5, 5.41) is 9.12. The van der Waals surface area contributed by atoms with E-state index in [0.717, 1.165) is 0 Å². The lowest BCUT2D eigenvalue weighted by Crippen LogP contribution is -2.27. The van der Waals surface area contributed by atoms with E-state index in [1.54, 1.807) is 0 Å². The van der Waals surface area contributed by atoms with E-state index in [-0.39, 0.29) is 17.7 Å². The highest BCUT2D eigenvalue weighted by Gasteiger charge is 2.31. The van der Waals surface area contributed by atoms with Gasteiger partial charge in [-0.05, 0) is 36.2 Å². The number of carboxylic acids is 1. The Morgan fingerprint density at radius 2 is 2.00 bits per heavy atom. The first-order chi connectivity index (χ1) is 8.74. The van der Waals surface area contributed by atoms with Crippen LogP contribution in [0.5, 0.6) is 11.5 Å². The summed E-state index contributed by atoms with van der Waals surface area (Å²) >= 11 is 3.25. The van der Waals surface area contributed by atoms with Crippen molar-refractivity contribution in [2.45, 2.75) is 20.3 Å². The number of ether oxygens (including phenoxy) is 2. The van der Waals surface area contributed by atoms with Crippen molar-refractivity contribution in [3.05, 3.63) is 21.9 Å². The second-order valence-corrected chi connectivity index (χ2v) is 5.55. The summed E-state index contributed by atoms with van der Waals surface area (Å²) < 4.78 is 24.6. The van der Waals surface area contributed by atoms with Crippen molar-refractivity contribution in [3.63, 3.8) is 0 Å². The molecule has 0 aliphatic rings. The molecule has 1 N–H and O–H groups in total. The van der Waals surface area contributed by atoms with Gasteiger partial charge in [-0.3, -0.25) is 4.79 Å². The summed E-state index contributed by atoms with van der Waals surface area (Å²) in [5.74, 6) is -0.920. The number of carboxylic acid groups (broad SMARTS) is 1. The van der Waals surface area contributed by atoms with Gasteiger partial charge in [-0.2, -0.15) is 0 Å². The Bertz CT molecular complexity index is 500. The Balaban J connectivity index is 3.33. The molecule has 0 fully saturated rings. The second kappa shape index (κ2) is 5.77. The van der Waals surface area contributed by atoms with Crippen molar-refractivity contribution in [1.29, 1.82) is 0 Å². The fraction of sp³-hybridized carbons (Fsp3) is 0.462. The zero-order valence-corrected chi connectivity index (χ0v) is 12.8. The van der Waals surface area contributed by atoms with Gasteiger partial charge < -0.3 is 14.6 Å². The van der Waals surface area contributed by atoms with Crippen LogP contribution < -0.4 is 9.47 Å². The molecular formula is C13H16BrFO4. The molecule has 4 nitrogen and oxygen atoms in total. The summed E-state index contributed by atoms with van der Waals surface area (Å²) in [6.07, 6.45) is 0.0368. The molecule has 0 atom stereocenters. The molecule has 106 valence electrons. The molecule has 0 amide bonds. The van der Waals surface area contributed by atoms with Crippen LogP contribution in [0.25, 0.3) is 0 Å². The maximum absolute atomic E-state index is 14.0. The number of carbonyl (C=O) groups is 1. The summed E-state index contributed by atoms with van der Waals surface area (Å²) in [6, 6.07) is 1.19. The Labute approximate surface area is 119 Å². The topological polar surface area (TPSA) is 55.8 Å². The van der Waals surface area contributed by atoms with Crippen LogP contribution in [0.3, 0.4) is 0 Å². The third-order valence-corrected chi connectivity index (χ3v) is 3.69. The number of methoxy groups -OCH3 is 2. The van der Waals surface area contributed by atoms with Crippen LogP contribution in [0, 0.1) is 11.2 Å². The van der Waals surface area contributed by atoms with Crippen LogP contribution >= 0.6 is 15.9 Å². The molecule has 1 rings (SSSR count). The van der Waals surface area contributed by atoms with Crippen molar-refractivity contribution in [1.82, 2.24) is 0 Å². The highest BCUT2D eigenvalue weighted by atomic mass is 79.9. The SMILES string of the molecule is COc1cc(F)c(CC(C)(C)C(=O)O)c(Br)c1OC. The van der Waals surface area contributed by atoms with E-state index in [4.69, 9.17) is 14.6 Å². The number of rotatable bonds is 5. The highest BCUT2D eigenvalue weighted by Crippen LogP contribution is 2.41. The van der Waals surface area contributed by atoms with E-state index in [1.807, 2.05) is 0 Å². The van der Waals surface area contributed by atoms with E-state index in [2.05, 4.69) is 15.9 Å². The number of aliphatic carboxylic acids is 1. The van der Waals surface area contributed by atoms with Gasteiger partial charge in [0.15, 0.2) is 11.5 Å². The first kappa shape index (κ1) is 15.8. The quantitative estimate of drug-likeness (QED) is 0.897. The monoisotopic (exact) mass is 334 g/mol.